The highest BCUT2D eigenvalue weighted by Gasteiger charge is 2.34. The normalized spacial score (nSPS) is 12.4. The molecule has 0 saturated carbocycles. The first-order valence-electron chi connectivity index (χ1n) is 8.93. The van der Waals surface area contributed by atoms with Crippen molar-refractivity contribution in [3.8, 4) is 11.3 Å². The summed E-state index contributed by atoms with van der Waals surface area (Å²) < 4.78 is 40.6. The van der Waals surface area contributed by atoms with E-state index >= 15 is 0 Å². The summed E-state index contributed by atoms with van der Waals surface area (Å²) in [4.78, 5) is 25.1. The summed E-state index contributed by atoms with van der Waals surface area (Å²) in [5, 5.41) is 6.56. The first-order chi connectivity index (χ1) is 13.8. The fourth-order valence-electron chi connectivity index (χ4n) is 2.94. The molecule has 0 aliphatic carbocycles. The van der Waals surface area contributed by atoms with Crippen LogP contribution in [0, 0.1) is 0 Å². The van der Waals surface area contributed by atoms with E-state index < -0.39 is 29.2 Å². The van der Waals surface area contributed by atoms with Gasteiger partial charge in [-0.05, 0) is 24.6 Å². The van der Waals surface area contributed by atoms with Gasteiger partial charge < -0.3 is 5.32 Å². The van der Waals surface area contributed by atoms with Gasteiger partial charge in [-0.1, -0.05) is 49.4 Å². The average molecular weight is 401 g/mol. The number of nitrogens with zero attached hydrogens (tertiary/aromatic N) is 2. The molecule has 3 aromatic rings. The van der Waals surface area contributed by atoms with Gasteiger partial charge in [0.2, 0.25) is 5.91 Å². The molecule has 1 aromatic heterocycles. The number of aromatic nitrogens is 2. The van der Waals surface area contributed by atoms with Crippen molar-refractivity contribution >= 4 is 11.6 Å². The SMILES string of the molecule is CCC(C(=O)Nc1ccccc1C(F)(F)F)n1nc(-c2ccccc2)ccc1=O. The van der Waals surface area contributed by atoms with E-state index in [1.165, 1.54) is 30.3 Å². The van der Waals surface area contributed by atoms with Gasteiger partial charge in [-0.2, -0.15) is 18.3 Å². The number of hydrogen-bond donors (Lipinski definition) is 1. The zero-order valence-corrected chi connectivity index (χ0v) is 15.5. The highest BCUT2D eigenvalue weighted by Crippen LogP contribution is 2.34. The lowest BCUT2D eigenvalue weighted by Crippen LogP contribution is -2.35. The van der Waals surface area contributed by atoms with Crippen LogP contribution in [-0.2, 0) is 11.0 Å². The Labute approximate surface area is 164 Å². The van der Waals surface area contributed by atoms with Gasteiger partial charge in [0, 0.05) is 11.6 Å². The van der Waals surface area contributed by atoms with E-state index in [9.17, 15) is 22.8 Å². The van der Waals surface area contributed by atoms with Crippen LogP contribution in [0.15, 0.2) is 71.5 Å². The van der Waals surface area contributed by atoms with Crippen LogP contribution in [0.3, 0.4) is 0 Å². The maximum atomic E-state index is 13.2. The lowest BCUT2D eigenvalue weighted by atomic mass is 10.1. The maximum absolute atomic E-state index is 13.2. The lowest BCUT2D eigenvalue weighted by molar-refractivity contribution is -0.137. The van der Waals surface area contributed by atoms with Crippen molar-refractivity contribution in [3.05, 3.63) is 82.6 Å². The summed E-state index contributed by atoms with van der Waals surface area (Å²) >= 11 is 0. The lowest BCUT2D eigenvalue weighted by Gasteiger charge is -2.19. The Balaban J connectivity index is 1.95. The third kappa shape index (κ3) is 4.53. The number of halogens is 3. The number of anilines is 1. The smallest absolute Gasteiger partial charge is 0.324 e. The Bertz CT molecular complexity index is 1060. The molecule has 1 heterocycles. The summed E-state index contributed by atoms with van der Waals surface area (Å²) in [6.45, 7) is 1.66. The van der Waals surface area contributed by atoms with Crippen LogP contribution in [0.25, 0.3) is 11.3 Å². The van der Waals surface area contributed by atoms with Crippen LogP contribution >= 0.6 is 0 Å². The average Bonchev–Trinajstić information content (AvgIpc) is 2.70. The third-order valence-corrected chi connectivity index (χ3v) is 4.37. The number of para-hydroxylation sites is 1. The Morgan fingerprint density at radius 1 is 1.03 bits per heavy atom. The van der Waals surface area contributed by atoms with Gasteiger partial charge >= 0.3 is 6.18 Å². The third-order valence-electron chi connectivity index (χ3n) is 4.37. The number of alkyl halides is 3. The summed E-state index contributed by atoms with van der Waals surface area (Å²) in [7, 11) is 0. The molecular weight excluding hydrogens is 383 g/mol. The van der Waals surface area contributed by atoms with Gasteiger partial charge in [-0.3, -0.25) is 9.59 Å². The number of rotatable bonds is 5. The second-order valence-electron chi connectivity index (χ2n) is 6.32. The van der Waals surface area contributed by atoms with Crippen LogP contribution in [0.5, 0.6) is 0 Å². The summed E-state index contributed by atoms with van der Waals surface area (Å²) in [5.41, 5.74) is -0.612. The maximum Gasteiger partial charge on any atom is 0.418 e. The predicted octanol–water partition coefficient (Wildman–Crippen LogP) is 4.52. The van der Waals surface area contributed by atoms with Crippen molar-refractivity contribution in [2.24, 2.45) is 0 Å². The molecule has 8 heteroatoms. The van der Waals surface area contributed by atoms with Crippen molar-refractivity contribution in [1.29, 1.82) is 0 Å². The molecule has 29 heavy (non-hydrogen) atoms. The molecule has 5 nitrogen and oxygen atoms in total. The first-order valence-corrected chi connectivity index (χ1v) is 8.93. The topological polar surface area (TPSA) is 64.0 Å². The van der Waals surface area contributed by atoms with Crippen LogP contribution < -0.4 is 10.9 Å². The molecule has 150 valence electrons. The van der Waals surface area contributed by atoms with Gasteiger partial charge in [-0.25, -0.2) is 4.68 Å². The number of hydrogen-bond acceptors (Lipinski definition) is 3. The van der Waals surface area contributed by atoms with E-state index in [4.69, 9.17) is 0 Å². The molecule has 0 aliphatic heterocycles. The molecule has 1 amide bonds. The number of benzene rings is 2. The Morgan fingerprint density at radius 3 is 2.34 bits per heavy atom. The van der Waals surface area contributed by atoms with E-state index in [0.29, 0.717) is 5.69 Å². The van der Waals surface area contributed by atoms with E-state index in [2.05, 4.69) is 10.4 Å². The van der Waals surface area contributed by atoms with Crippen molar-refractivity contribution in [2.75, 3.05) is 5.32 Å². The molecule has 0 fully saturated rings. The molecule has 0 bridgehead atoms. The molecule has 1 N–H and O–H groups in total. The van der Waals surface area contributed by atoms with E-state index in [0.717, 1.165) is 16.3 Å². The summed E-state index contributed by atoms with van der Waals surface area (Å²) in [6, 6.07) is 15.5. The minimum absolute atomic E-state index is 0.172. The van der Waals surface area contributed by atoms with Gasteiger partial charge in [0.05, 0.1) is 16.9 Å². The van der Waals surface area contributed by atoms with Crippen LogP contribution in [-0.4, -0.2) is 15.7 Å². The predicted molar refractivity (Wildman–Crippen MR) is 103 cm³/mol. The zero-order valence-electron chi connectivity index (χ0n) is 15.5. The first kappa shape index (κ1) is 20.3. The number of nitrogens with one attached hydrogen (secondary N) is 1. The van der Waals surface area contributed by atoms with Crippen LogP contribution in [0.2, 0.25) is 0 Å². The Morgan fingerprint density at radius 2 is 1.69 bits per heavy atom. The second-order valence-corrected chi connectivity index (χ2v) is 6.32. The van der Waals surface area contributed by atoms with Crippen LogP contribution in [0.1, 0.15) is 24.9 Å². The highest BCUT2D eigenvalue weighted by molar-refractivity contribution is 5.94. The number of carbonyl (C=O) groups excluding carboxylic acids is 1. The number of amides is 1. The van der Waals surface area contributed by atoms with Crippen molar-refractivity contribution in [3.63, 3.8) is 0 Å². The minimum atomic E-state index is -4.62. The summed E-state index contributed by atoms with van der Waals surface area (Å²) in [5.74, 6) is -0.746. The molecule has 0 aliphatic rings. The minimum Gasteiger partial charge on any atom is -0.324 e. The standard InChI is InChI=1S/C21H18F3N3O2/c1-2-18(20(29)25-17-11-7-6-10-15(17)21(22,23)24)27-19(28)13-12-16(26-27)14-8-4-3-5-9-14/h3-13,18H,2H2,1H3,(H,25,29). The Hall–Kier alpha value is -3.42. The van der Waals surface area contributed by atoms with Gasteiger partial charge in [0.25, 0.3) is 5.56 Å². The van der Waals surface area contributed by atoms with E-state index in [1.54, 1.807) is 19.1 Å². The molecule has 1 atom stereocenters. The molecule has 0 spiro atoms. The van der Waals surface area contributed by atoms with Gasteiger partial charge in [0.15, 0.2) is 0 Å². The second kappa shape index (κ2) is 8.30. The van der Waals surface area contributed by atoms with Crippen molar-refractivity contribution < 1.29 is 18.0 Å². The molecule has 1 unspecified atom stereocenters. The molecular formula is C21H18F3N3O2. The monoisotopic (exact) mass is 401 g/mol. The molecule has 2 aromatic carbocycles. The zero-order chi connectivity index (χ0) is 21.0. The van der Waals surface area contributed by atoms with E-state index in [1.807, 2.05) is 18.2 Å². The largest absolute Gasteiger partial charge is 0.418 e. The molecule has 3 rings (SSSR count). The van der Waals surface area contributed by atoms with Crippen molar-refractivity contribution in [2.45, 2.75) is 25.6 Å². The molecule has 0 radical (unpaired) electrons. The van der Waals surface area contributed by atoms with Crippen LogP contribution in [0.4, 0.5) is 18.9 Å². The van der Waals surface area contributed by atoms with Crippen molar-refractivity contribution in [1.82, 2.24) is 9.78 Å². The highest BCUT2D eigenvalue weighted by atomic mass is 19.4. The fourth-order valence-corrected chi connectivity index (χ4v) is 2.94. The number of carbonyl (C=O) groups is 1. The fraction of sp³-hybridized carbons (Fsp3) is 0.190. The Kier molecular flexibility index (Phi) is 5.81. The summed E-state index contributed by atoms with van der Waals surface area (Å²) in [6.07, 6.45) is -4.45. The quantitative estimate of drug-likeness (QED) is 0.684. The van der Waals surface area contributed by atoms with Gasteiger partial charge in [-0.15, -0.1) is 0 Å². The van der Waals surface area contributed by atoms with E-state index in [-0.39, 0.29) is 12.1 Å². The molecule has 0 saturated heterocycles. The van der Waals surface area contributed by atoms with Gasteiger partial charge in [0.1, 0.15) is 6.04 Å².